The number of fused-ring (bicyclic) bond motifs is 1. The summed E-state index contributed by atoms with van der Waals surface area (Å²) in [5.74, 6) is 1.04. The zero-order chi connectivity index (χ0) is 11.0. The van der Waals surface area contributed by atoms with Crippen LogP contribution in [-0.2, 0) is 18.0 Å². The molecule has 0 aromatic carbocycles. The van der Waals surface area contributed by atoms with Crippen molar-refractivity contribution in [1.29, 1.82) is 0 Å². The molecule has 86 valence electrons. The number of aromatic nitrogens is 2. The fourth-order valence-electron chi connectivity index (χ4n) is 2.19. The van der Waals surface area contributed by atoms with Crippen molar-refractivity contribution in [2.45, 2.75) is 32.1 Å². The van der Waals surface area contributed by atoms with Gasteiger partial charge in [-0.1, -0.05) is 0 Å². The first-order valence-electron chi connectivity index (χ1n) is 5.77. The van der Waals surface area contributed by atoms with Gasteiger partial charge in [-0.05, 0) is 12.8 Å². The predicted molar refractivity (Wildman–Crippen MR) is 59.9 cm³/mol. The zero-order valence-electron chi connectivity index (χ0n) is 9.22. The van der Waals surface area contributed by atoms with Crippen molar-refractivity contribution in [2.24, 2.45) is 5.73 Å². The molecule has 1 aliphatic carbocycles. The molecule has 0 spiro atoms. The molecular weight excluding hydrogens is 204 g/mol. The highest BCUT2D eigenvalue weighted by atomic mass is 16.5. The van der Waals surface area contributed by atoms with E-state index in [0.29, 0.717) is 25.8 Å². The Morgan fingerprint density at radius 2 is 2.25 bits per heavy atom. The molecule has 5 heteroatoms. The summed E-state index contributed by atoms with van der Waals surface area (Å²) in [7, 11) is 0. The summed E-state index contributed by atoms with van der Waals surface area (Å²) < 4.78 is 5.42. The third-order valence-corrected chi connectivity index (χ3v) is 3.13. The van der Waals surface area contributed by atoms with E-state index >= 15 is 0 Å². The van der Waals surface area contributed by atoms with Gasteiger partial charge in [0.15, 0.2) is 0 Å². The molecule has 2 aliphatic rings. The van der Waals surface area contributed by atoms with Crippen LogP contribution in [0.25, 0.3) is 0 Å². The summed E-state index contributed by atoms with van der Waals surface area (Å²) in [6.45, 7) is 2.79. The Bertz CT molecular complexity index is 392. The van der Waals surface area contributed by atoms with E-state index in [4.69, 9.17) is 10.5 Å². The summed E-state index contributed by atoms with van der Waals surface area (Å²) in [4.78, 5) is 11.0. The van der Waals surface area contributed by atoms with E-state index in [1.165, 1.54) is 12.8 Å². The van der Waals surface area contributed by atoms with E-state index in [2.05, 4.69) is 14.9 Å². The highest BCUT2D eigenvalue weighted by Crippen LogP contribution is 2.34. The summed E-state index contributed by atoms with van der Waals surface area (Å²) in [5, 5.41) is 0. The Kier molecular flexibility index (Phi) is 2.49. The van der Waals surface area contributed by atoms with Crippen molar-refractivity contribution in [2.75, 3.05) is 18.0 Å². The molecule has 1 fully saturated rings. The molecule has 16 heavy (non-hydrogen) atoms. The highest BCUT2D eigenvalue weighted by molar-refractivity contribution is 5.51. The topological polar surface area (TPSA) is 64.3 Å². The third-order valence-electron chi connectivity index (χ3n) is 3.13. The van der Waals surface area contributed by atoms with E-state index in [1.54, 1.807) is 6.33 Å². The maximum Gasteiger partial charge on any atom is 0.138 e. The van der Waals surface area contributed by atoms with E-state index in [9.17, 15) is 0 Å². The van der Waals surface area contributed by atoms with Crippen molar-refractivity contribution < 1.29 is 4.74 Å². The molecule has 0 amide bonds. The molecular formula is C11H16N4O. The Hall–Kier alpha value is -1.20. The molecule has 0 saturated heterocycles. The number of rotatable bonds is 4. The van der Waals surface area contributed by atoms with Crippen LogP contribution in [0, 0.1) is 0 Å². The quantitative estimate of drug-likeness (QED) is 0.797. The largest absolute Gasteiger partial charge is 0.370 e. The van der Waals surface area contributed by atoms with Gasteiger partial charge in [-0.3, -0.25) is 0 Å². The molecule has 2 N–H and O–H groups in total. The Morgan fingerprint density at radius 3 is 3.00 bits per heavy atom. The number of nitrogens with zero attached hydrogens (tertiary/aromatic N) is 3. The lowest BCUT2D eigenvalue weighted by Gasteiger charge is -2.24. The molecule has 0 unspecified atom stereocenters. The highest BCUT2D eigenvalue weighted by Gasteiger charge is 2.32. The van der Waals surface area contributed by atoms with Crippen molar-refractivity contribution in [1.82, 2.24) is 9.97 Å². The second-order valence-electron chi connectivity index (χ2n) is 4.33. The maximum atomic E-state index is 5.66. The lowest BCUT2D eigenvalue weighted by molar-refractivity contribution is 0.133. The Labute approximate surface area is 94.6 Å². The van der Waals surface area contributed by atoms with Gasteiger partial charge >= 0.3 is 0 Å². The molecule has 1 aromatic rings. The average molecular weight is 220 g/mol. The molecule has 3 rings (SSSR count). The first-order valence-corrected chi connectivity index (χ1v) is 5.77. The third kappa shape index (κ3) is 1.66. The second kappa shape index (κ2) is 3.99. The van der Waals surface area contributed by atoms with Crippen molar-refractivity contribution >= 4 is 5.82 Å². The monoisotopic (exact) mass is 220 g/mol. The number of ether oxygens (including phenoxy) is 1. The minimum Gasteiger partial charge on any atom is -0.370 e. The number of hydrogen-bond acceptors (Lipinski definition) is 5. The van der Waals surface area contributed by atoms with E-state index in [1.807, 2.05) is 0 Å². The first kappa shape index (κ1) is 9.99. The molecule has 1 saturated carbocycles. The van der Waals surface area contributed by atoms with E-state index < -0.39 is 0 Å². The van der Waals surface area contributed by atoms with Crippen LogP contribution in [0.4, 0.5) is 5.82 Å². The maximum absolute atomic E-state index is 5.66. The lowest BCUT2D eigenvalue weighted by Crippen LogP contribution is -2.33. The second-order valence-corrected chi connectivity index (χ2v) is 4.33. The van der Waals surface area contributed by atoms with Gasteiger partial charge in [0.1, 0.15) is 12.1 Å². The Balaban J connectivity index is 1.94. The standard InChI is InChI=1S/C11H16N4O/c12-3-4-15(8-1-2-8)11-9-5-16-6-10(9)13-7-14-11/h7-8H,1-6,12H2. The number of nitrogens with two attached hydrogens (primary N) is 1. The van der Waals surface area contributed by atoms with Crippen LogP contribution >= 0.6 is 0 Å². The van der Waals surface area contributed by atoms with E-state index in [0.717, 1.165) is 23.6 Å². The molecule has 1 aromatic heterocycles. The van der Waals surface area contributed by atoms with Crippen LogP contribution in [0.3, 0.4) is 0 Å². The van der Waals surface area contributed by atoms with Crippen molar-refractivity contribution in [3.05, 3.63) is 17.6 Å². The summed E-state index contributed by atoms with van der Waals surface area (Å²) in [6.07, 6.45) is 4.13. The Morgan fingerprint density at radius 1 is 1.38 bits per heavy atom. The fourth-order valence-corrected chi connectivity index (χ4v) is 2.19. The summed E-state index contributed by atoms with van der Waals surface area (Å²) in [5.41, 5.74) is 7.85. The fraction of sp³-hybridized carbons (Fsp3) is 0.636. The SMILES string of the molecule is NCCN(c1ncnc2c1COC2)C1CC1. The van der Waals surface area contributed by atoms with Crippen LogP contribution in [-0.4, -0.2) is 29.1 Å². The van der Waals surface area contributed by atoms with Gasteiger partial charge in [0.25, 0.3) is 0 Å². The molecule has 2 heterocycles. The molecule has 5 nitrogen and oxygen atoms in total. The van der Waals surface area contributed by atoms with Crippen LogP contribution in [0.1, 0.15) is 24.1 Å². The van der Waals surface area contributed by atoms with Gasteiger partial charge in [-0.2, -0.15) is 0 Å². The lowest BCUT2D eigenvalue weighted by atomic mass is 10.2. The minimum atomic E-state index is 0.617. The van der Waals surface area contributed by atoms with Gasteiger partial charge in [-0.25, -0.2) is 9.97 Å². The summed E-state index contributed by atoms with van der Waals surface area (Å²) in [6, 6.07) is 0.628. The molecule has 0 bridgehead atoms. The summed E-state index contributed by atoms with van der Waals surface area (Å²) >= 11 is 0. The van der Waals surface area contributed by atoms with Gasteiger partial charge in [0.05, 0.1) is 18.9 Å². The van der Waals surface area contributed by atoms with Gasteiger partial charge < -0.3 is 15.4 Å². The van der Waals surface area contributed by atoms with Gasteiger partial charge in [0, 0.05) is 24.7 Å². The van der Waals surface area contributed by atoms with Crippen LogP contribution in [0.15, 0.2) is 6.33 Å². The normalized spacial score (nSPS) is 18.6. The molecule has 1 aliphatic heterocycles. The van der Waals surface area contributed by atoms with Crippen LogP contribution < -0.4 is 10.6 Å². The predicted octanol–water partition coefficient (Wildman–Crippen LogP) is 0.434. The van der Waals surface area contributed by atoms with Crippen molar-refractivity contribution in [3.8, 4) is 0 Å². The first-order chi connectivity index (χ1) is 7.90. The molecule has 0 atom stereocenters. The minimum absolute atomic E-state index is 0.617. The van der Waals surface area contributed by atoms with Gasteiger partial charge in [-0.15, -0.1) is 0 Å². The van der Waals surface area contributed by atoms with Crippen molar-refractivity contribution in [3.63, 3.8) is 0 Å². The van der Waals surface area contributed by atoms with Crippen LogP contribution in [0.2, 0.25) is 0 Å². The van der Waals surface area contributed by atoms with Crippen LogP contribution in [0.5, 0.6) is 0 Å². The number of hydrogen-bond donors (Lipinski definition) is 1. The number of anilines is 1. The molecule has 0 radical (unpaired) electrons. The average Bonchev–Trinajstić information content (AvgIpc) is 3.02. The van der Waals surface area contributed by atoms with E-state index in [-0.39, 0.29) is 0 Å². The zero-order valence-corrected chi connectivity index (χ0v) is 9.22. The van der Waals surface area contributed by atoms with Gasteiger partial charge in [0.2, 0.25) is 0 Å². The smallest absolute Gasteiger partial charge is 0.138 e.